The number of hydrogen-bond donors (Lipinski definition) is 1. The molecule has 1 atom stereocenters. The molecule has 1 N–H and O–H groups in total. The van der Waals surface area contributed by atoms with Gasteiger partial charge >= 0.3 is 0 Å². The molecule has 0 aliphatic heterocycles. The van der Waals surface area contributed by atoms with E-state index in [1.807, 2.05) is 11.3 Å². The predicted octanol–water partition coefficient (Wildman–Crippen LogP) is 2.39. The molecule has 0 amide bonds. The fraction of sp³-hybridized carbons (Fsp3) is 0.700. The van der Waals surface area contributed by atoms with Crippen molar-refractivity contribution in [2.24, 2.45) is 0 Å². The highest BCUT2D eigenvalue weighted by molar-refractivity contribution is 7.11. The summed E-state index contributed by atoms with van der Waals surface area (Å²) in [6.45, 7) is 0. The molecule has 1 unspecified atom stereocenters. The van der Waals surface area contributed by atoms with Crippen LogP contribution in [0.1, 0.15) is 53.3 Å². The van der Waals surface area contributed by atoms with E-state index in [4.69, 9.17) is 0 Å². The summed E-state index contributed by atoms with van der Waals surface area (Å²) in [5.74, 6) is 0.739. The van der Waals surface area contributed by atoms with E-state index in [1.165, 1.54) is 22.7 Å². The first kappa shape index (κ1) is 7.94. The Hall–Kier alpha value is -0.410. The highest BCUT2D eigenvalue weighted by Crippen LogP contribution is 2.44. The zero-order valence-electron chi connectivity index (χ0n) is 7.49. The van der Waals surface area contributed by atoms with Crippen molar-refractivity contribution in [2.75, 3.05) is 0 Å². The van der Waals surface area contributed by atoms with Crippen LogP contribution in [0.25, 0.3) is 0 Å². The second-order valence-electron chi connectivity index (χ2n) is 4.04. The van der Waals surface area contributed by atoms with Crippen LogP contribution in [0.5, 0.6) is 0 Å². The Morgan fingerprint density at radius 2 is 2.15 bits per heavy atom. The van der Waals surface area contributed by atoms with Crippen molar-refractivity contribution < 1.29 is 5.11 Å². The van der Waals surface area contributed by atoms with Gasteiger partial charge < -0.3 is 5.11 Å². The van der Waals surface area contributed by atoms with Crippen LogP contribution >= 0.6 is 11.3 Å². The van der Waals surface area contributed by atoms with Gasteiger partial charge in [-0.1, -0.05) is 0 Å². The number of nitrogens with zero attached hydrogens (tertiary/aromatic N) is 1. The minimum absolute atomic E-state index is 0.271. The maximum absolute atomic E-state index is 9.72. The van der Waals surface area contributed by atoms with Crippen molar-refractivity contribution in [3.8, 4) is 0 Å². The number of thiazole rings is 1. The number of aromatic nitrogens is 1. The summed E-state index contributed by atoms with van der Waals surface area (Å²) in [7, 11) is 0. The zero-order valence-corrected chi connectivity index (χ0v) is 8.31. The molecule has 70 valence electrons. The van der Waals surface area contributed by atoms with Crippen molar-refractivity contribution in [3.05, 3.63) is 15.6 Å². The lowest BCUT2D eigenvalue weighted by Crippen LogP contribution is -2.07. The van der Waals surface area contributed by atoms with Crippen LogP contribution in [-0.2, 0) is 6.42 Å². The maximum Gasteiger partial charge on any atom is 0.0971 e. The number of hydrogen-bond acceptors (Lipinski definition) is 3. The van der Waals surface area contributed by atoms with E-state index in [-0.39, 0.29) is 6.10 Å². The van der Waals surface area contributed by atoms with E-state index in [2.05, 4.69) is 4.98 Å². The Labute approximate surface area is 81.6 Å². The Morgan fingerprint density at radius 3 is 2.85 bits per heavy atom. The van der Waals surface area contributed by atoms with Crippen molar-refractivity contribution in [1.82, 2.24) is 4.98 Å². The number of aryl methyl sites for hydroxylation is 1. The number of rotatable bonds is 1. The van der Waals surface area contributed by atoms with Crippen LogP contribution in [0.15, 0.2) is 0 Å². The summed E-state index contributed by atoms with van der Waals surface area (Å²) in [6.07, 6.45) is 5.51. The van der Waals surface area contributed by atoms with Crippen LogP contribution in [0.4, 0.5) is 0 Å². The van der Waals surface area contributed by atoms with Gasteiger partial charge in [0.05, 0.1) is 16.8 Å². The van der Waals surface area contributed by atoms with Crippen LogP contribution in [0, 0.1) is 0 Å². The molecule has 1 aromatic heterocycles. The summed E-state index contributed by atoms with van der Waals surface area (Å²) >= 11 is 1.84. The van der Waals surface area contributed by atoms with E-state index in [0.717, 1.165) is 30.9 Å². The molecule has 3 heteroatoms. The van der Waals surface area contributed by atoms with Gasteiger partial charge in [0, 0.05) is 10.8 Å². The van der Waals surface area contributed by atoms with Crippen molar-refractivity contribution in [2.45, 2.75) is 44.1 Å². The molecule has 1 aromatic rings. The lowest BCUT2D eigenvalue weighted by molar-refractivity contribution is 0.153. The molecule has 0 aromatic carbocycles. The average Bonchev–Trinajstić information content (AvgIpc) is 2.87. The van der Waals surface area contributed by atoms with Gasteiger partial charge in [-0.15, -0.1) is 11.3 Å². The molecular formula is C10H13NOS. The first-order chi connectivity index (χ1) is 6.34. The smallest absolute Gasteiger partial charge is 0.0971 e. The fourth-order valence-electron chi connectivity index (χ4n) is 1.92. The highest BCUT2D eigenvalue weighted by atomic mass is 32.1. The monoisotopic (exact) mass is 195 g/mol. The molecule has 2 aliphatic carbocycles. The largest absolute Gasteiger partial charge is 0.387 e. The summed E-state index contributed by atoms with van der Waals surface area (Å²) in [6, 6.07) is 0. The minimum atomic E-state index is -0.271. The van der Waals surface area contributed by atoms with Gasteiger partial charge in [0.1, 0.15) is 0 Å². The van der Waals surface area contributed by atoms with Gasteiger partial charge in [0.25, 0.3) is 0 Å². The summed E-state index contributed by atoms with van der Waals surface area (Å²) in [5.41, 5.74) is 0.998. The van der Waals surface area contributed by atoms with Crippen LogP contribution in [0.2, 0.25) is 0 Å². The Kier molecular flexibility index (Phi) is 1.70. The van der Waals surface area contributed by atoms with E-state index < -0.39 is 0 Å². The van der Waals surface area contributed by atoms with E-state index >= 15 is 0 Å². The molecule has 13 heavy (non-hydrogen) atoms. The average molecular weight is 195 g/mol. The third kappa shape index (κ3) is 1.30. The van der Waals surface area contributed by atoms with Crippen molar-refractivity contribution >= 4 is 11.3 Å². The van der Waals surface area contributed by atoms with Gasteiger partial charge in [0.15, 0.2) is 0 Å². The second kappa shape index (κ2) is 2.79. The number of aliphatic hydroxyl groups is 1. The Bertz CT molecular complexity index is 330. The molecule has 0 saturated heterocycles. The molecule has 3 rings (SSSR count). The Balaban J connectivity index is 1.99. The standard InChI is InChI=1S/C10H13NOS/c12-7-2-1-3-8-9(7)11-10(13-8)6-4-5-6/h6-7,12H,1-5H2. The summed E-state index contributed by atoms with van der Waals surface area (Å²) < 4.78 is 0. The van der Waals surface area contributed by atoms with Gasteiger partial charge in [-0.2, -0.15) is 0 Å². The first-order valence-corrected chi connectivity index (χ1v) is 5.84. The second-order valence-corrected chi connectivity index (χ2v) is 5.16. The highest BCUT2D eigenvalue weighted by Gasteiger charge is 2.30. The third-order valence-corrected chi connectivity index (χ3v) is 4.16. The molecule has 2 aliphatic rings. The van der Waals surface area contributed by atoms with Crippen LogP contribution in [-0.4, -0.2) is 10.1 Å². The molecule has 0 spiro atoms. The molecule has 1 saturated carbocycles. The third-order valence-electron chi connectivity index (χ3n) is 2.87. The van der Waals surface area contributed by atoms with Crippen LogP contribution < -0.4 is 0 Å². The topological polar surface area (TPSA) is 33.1 Å². The zero-order chi connectivity index (χ0) is 8.84. The van der Waals surface area contributed by atoms with E-state index in [1.54, 1.807) is 0 Å². The van der Waals surface area contributed by atoms with Gasteiger partial charge in [-0.05, 0) is 32.1 Å². The van der Waals surface area contributed by atoms with E-state index in [9.17, 15) is 5.11 Å². The predicted molar refractivity (Wildman–Crippen MR) is 52.0 cm³/mol. The summed E-state index contributed by atoms with van der Waals surface area (Å²) in [4.78, 5) is 5.91. The van der Waals surface area contributed by atoms with Gasteiger partial charge in [0.2, 0.25) is 0 Å². The Morgan fingerprint density at radius 1 is 1.31 bits per heavy atom. The lowest BCUT2D eigenvalue weighted by atomic mass is 10.0. The molecule has 0 bridgehead atoms. The quantitative estimate of drug-likeness (QED) is 0.746. The molecule has 0 radical (unpaired) electrons. The maximum atomic E-state index is 9.72. The summed E-state index contributed by atoms with van der Waals surface area (Å²) in [5, 5.41) is 11.0. The van der Waals surface area contributed by atoms with Crippen molar-refractivity contribution in [1.29, 1.82) is 0 Å². The minimum Gasteiger partial charge on any atom is -0.387 e. The lowest BCUT2D eigenvalue weighted by Gasteiger charge is -2.14. The SMILES string of the molecule is OC1CCCc2sc(C3CC3)nc21. The number of fused-ring (bicyclic) bond motifs is 1. The molecular weight excluding hydrogens is 182 g/mol. The van der Waals surface area contributed by atoms with E-state index in [0.29, 0.717) is 0 Å². The van der Waals surface area contributed by atoms with Gasteiger partial charge in [-0.25, -0.2) is 4.98 Å². The molecule has 1 heterocycles. The molecule has 2 nitrogen and oxygen atoms in total. The normalized spacial score (nSPS) is 27.3. The fourth-order valence-corrected chi connectivity index (χ4v) is 3.25. The van der Waals surface area contributed by atoms with Gasteiger partial charge in [-0.3, -0.25) is 0 Å². The first-order valence-electron chi connectivity index (χ1n) is 5.02. The van der Waals surface area contributed by atoms with Crippen LogP contribution in [0.3, 0.4) is 0 Å². The molecule has 1 fully saturated rings. The van der Waals surface area contributed by atoms with Crippen molar-refractivity contribution in [3.63, 3.8) is 0 Å². The number of aliphatic hydroxyl groups excluding tert-OH is 1.